The van der Waals surface area contributed by atoms with Crippen LogP contribution in [0.3, 0.4) is 0 Å². The minimum absolute atomic E-state index is 0.102. The highest BCUT2D eigenvalue weighted by molar-refractivity contribution is 5.91. The summed E-state index contributed by atoms with van der Waals surface area (Å²) in [4.78, 5) is 57.9. The molecule has 1 unspecified atom stereocenters. The Labute approximate surface area is 271 Å². The van der Waals surface area contributed by atoms with Crippen LogP contribution in [0.5, 0.6) is 5.75 Å². The van der Waals surface area contributed by atoms with Crippen molar-refractivity contribution in [1.29, 1.82) is 0 Å². The number of hydrogen-bond donors (Lipinski definition) is 0. The van der Waals surface area contributed by atoms with Crippen LogP contribution >= 0.6 is 0 Å². The number of aryl methyl sites for hydroxylation is 1. The Bertz CT molecular complexity index is 1470. The van der Waals surface area contributed by atoms with E-state index in [1.54, 1.807) is 49.4 Å². The Kier molecular flexibility index (Phi) is 13.3. The smallest absolute Gasteiger partial charge is 0.338 e. The van der Waals surface area contributed by atoms with Gasteiger partial charge in [-0.15, -0.1) is 0 Å². The van der Waals surface area contributed by atoms with Crippen molar-refractivity contribution >= 4 is 36.3 Å². The summed E-state index contributed by atoms with van der Waals surface area (Å²) in [5.41, 5.74) is 2.49. The van der Waals surface area contributed by atoms with Gasteiger partial charge in [0, 0.05) is 6.08 Å². The average Bonchev–Trinajstić information content (AvgIpc) is 3.67. The summed E-state index contributed by atoms with van der Waals surface area (Å²) < 4.78 is 32.0. The van der Waals surface area contributed by atoms with Crippen LogP contribution in [0.1, 0.15) is 46.8 Å². The van der Waals surface area contributed by atoms with Crippen molar-refractivity contribution in [3.05, 3.63) is 77.4 Å². The third-order valence-corrected chi connectivity index (χ3v) is 6.87. The zero-order valence-corrected chi connectivity index (χ0v) is 26.0. The van der Waals surface area contributed by atoms with Crippen molar-refractivity contribution in [3.63, 3.8) is 0 Å². The molecule has 14 heteroatoms. The second-order valence-corrected chi connectivity index (χ2v) is 10.3. The van der Waals surface area contributed by atoms with Crippen LogP contribution < -0.4 is 4.74 Å². The first-order valence-corrected chi connectivity index (χ1v) is 14.9. The molecule has 0 aromatic heterocycles. The summed E-state index contributed by atoms with van der Waals surface area (Å²) in [5.74, 6) is -1.98. The highest BCUT2D eigenvalue weighted by atomic mass is 17.2. The molecular formula is C33H36N2O12. The Morgan fingerprint density at radius 3 is 2.21 bits per heavy atom. The second-order valence-electron chi connectivity index (χ2n) is 10.3. The molecule has 0 N–H and O–H groups in total. The molecule has 0 spiro atoms. The van der Waals surface area contributed by atoms with Gasteiger partial charge < -0.3 is 28.4 Å². The van der Waals surface area contributed by atoms with Gasteiger partial charge in [-0.25, -0.2) is 19.4 Å². The first kappa shape index (κ1) is 35.1. The summed E-state index contributed by atoms with van der Waals surface area (Å²) >= 11 is 0. The van der Waals surface area contributed by atoms with Crippen molar-refractivity contribution in [2.75, 3.05) is 33.0 Å². The number of carbonyl (C=O) groups is 4. The van der Waals surface area contributed by atoms with Gasteiger partial charge in [-0.1, -0.05) is 18.7 Å². The lowest BCUT2D eigenvalue weighted by molar-refractivity contribution is -0.330. The number of rotatable bonds is 16. The van der Waals surface area contributed by atoms with E-state index in [2.05, 4.69) is 16.8 Å². The number of fused-ring (bicyclic) bond motifs is 1. The van der Waals surface area contributed by atoms with Crippen LogP contribution in [0.4, 0.5) is 0 Å². The molecule has 2 heterocycles. The molecule has 0 bridgehead atoms. The van der Waals surface area contributed by atoms with E-state index < -0.39 is 36.1 Å². The fraction of sp³-hybridized carbons (Fsp3) is 0.394. The van der Waals surface area contributed by atoms with Gasteiger partial charge in [0.2, 0.25) is 0 Å². The number of nitrogens with zero attached hydrogens (tertiary/aromatic N) is 2. The number of ether oxygens (including phenoxy) is 6. The fourth-order valence-electron chi connectivity index (χ4n) is 4.55. The maximum absolute atomic E-state index is 12.7. The van der Waals surface area contributed by atoms with Crippen molar-refractivity contribution in [1.82, 2.24) is 0 Å². The lowest BCUT2D eigenvalue weighted by atomic mass is 10.1. The van der Waals surface area contributed by atoms with Crippen molar-refractivity contribution < 1.29 is 57.4 Å². The van der Waals surface area contributed by atoms with E-state index in [9.17, 15) is 19.2 Å². The van der Waals surface area contributed by atoms with Crippen LogP contribution in [0.2, 0.25) is 0 Å². The molecule has 250 valence electrons. The fourth-order valence-corrected chi connectivity index (χ4v) is 4.55. The van der Waals surface area contributed by atoms with Crippen LogP contribution in [0, 0.1) is 6.92 Å². The molecule has 2 saturated heterocycles. The summed E-state index contributed by atoms with van der Waals surface area (Å²) in [6.07, 6.45) is 2.02. The highest BCUT2D eigenvalue weighted by Crippen LogP contribution is 2.31. The normalized spacial score (nSPS) is 20.2. The van der Waals surface area contributed by atoms with E-state index in [1.165, 1.54) is 12.4 Å². The summed E-state index contributed by atoms with van der Waals surface area (Å²) in [6.45, 7) is 7.52. The minimum atomic E-state index is -0.619. The summed E-state index contributed by atoms with van der Waals surface area (Å²) in [7, 11) is 0. The van der Waals surface area contributed by atoms with E-state index in [0.29, 0.717) is 30.1 Å². The van der Waals surface area contributed by atoms with Crippen molar-refractivity contribution in [3.8, 4) is 5.75 Å². The second kappa shape index (κ2) is 17.8. The van der Waals surface area contributed by atoms with Gasteiger partial charge in [0.15, 0.2) is 6.10 Å². The minimum Gasteiger partial charge on any atom is -0.462 e. The van der Waals surface area contributed by atoms with Gasteiger partial charge in [0.05, 0.1) is 50.7 Å². The lowest BCUT2D eigenvalue weighted by Gasteiger charge is -2.17. The van der Waals surface area contributed by atoms with Crippen molar-refractivity contribution in [2.45, 2.75) is 51.1 Å². The summed E-state index contributed by atoms with van der Waals surface area (Å²) in [5, 5.41) is 8.11. The quantitative estimate of drug-likeness (QED) is 0.0381. The van der Waals surface area contributed by atoms with E-state index in [0.717, 1.165) is 17.2 Å². The molecule has 14 nitrogen and oxygen atoms in total. The van der Waals surface area contributed by atoms with Gasteiger partial charge >= 0.3 is 23.9 Å². The topological polar surface area (TPSA) is 167 Å². The molecular weight excluding hydrogens is 616 g/mol. The Morgan fingerprint density at radius 2 is 1.51 bits per heavy atom. The maximum atomic E-state index is 12.7. The molecule has 47 heavy (non-hydrogen) atoms. The lowest BCUT2D eigenvalue weighted by Crippen LogP contribution is -2.35. The monoisotopic (exact) mass is 652 g/mol. The van der Waals surface area contributed by atoms with E-state index in [1.807, 2.05) is 6.92 Å². The molecule has 0 aliphatic carbocycles. The molecule has 2 aromatic rings. The Hall–Kier alpha value is -4.76. The largest absolute Gasteiger partial charge is 0.462 e. The van der Waals surface area contributed by atoms with Crippen molar-refractivity contribution in [2.24, 2.45) is 10.2 Å². The Morgan fingerprint density at radius 1 is 0.872 bits per heavy atom. The number of benzene rings is 2. The highest BCUT2D eigenvalue weighted by Gasteiger charge is 2.50. The van der Waals surface area contributed by atoms with Gasteiger partial charge in [0.1, 0.15) is 37.3 Å². The zero-order valence-electron chi connectivity index (χ0n) is 26.0. The molecule has 2 aliphatic rings. The van der Waals surface area contributed by atoms with Crippen LogP contribution in [-0.2, 0) is 47.8 Å². The van der Waals surface area contributed by atoms with Crippen LogP contribution in [-0.4, -0.2) is 93.8 Å². The zero-order chi connectivity index (χ0) is 33.6. The third-order valence-electron chi connectivity index (χ3n) is 6.87. The molecule has 0 radical (unpaired) electrons. The molecule has 0 saturated carbocycles. The van der Waals surface area contributed by atoms with E-state index in [-0.39, 0.29) is 44.9 Å². The molecule has 2 fully saturated rings. The predicted molar refractivity (Wildman–Crippen MR) is 165 cm³/mol. The molecule has 4 atom stereocenters. The third kappa shape index (κ3) is 10.6. The Balaban J connectivity index is 1.18. The number of hydrogen-bond acceptors (Lipinski definition) is 14. The predicted octanol–water partition coefficient (Wildman–Crippen LogP) is 3.07. The SMILES string of the molecule is C=CC(=O)OCCOC(=O)CCC(=O)Oc1ccc(/C=N/N=C/c2ccc(C(=O)OC3CO[C@H]4[C@@H]3OC[C@H]4OOCC)cc2)cc1C. The van der Waals surface area contributed by atoms with Gasteiger partial charge in [-0.3, -0.25) is 9.59 Å². The number of esters is 4. The maximum Gasteiger partial charge on any atom is 0.338 e. The first-order chi connectivity index (χ1) is 22.8. The molecule has 4 rings (SSSR count). The molecule has 2 aliphatic heterocycles. The van der Waals surface area contributed by atoms with Crippen LogP contribution in [0.15, 0.2) is 65.3 Å². The van der Waals surface area contributed by atoms with E-state index in [4.69, 9.17) is 38.2 Å². The summed E-state index contributed by atoms with van der Waals surface area (Å²) in [6, 6.07) is 11.8. The van der Waals surface area contributed by atoms with Gasteiger partial charge in [0.25, 0.3) is 0 Å². The van der Waals surface area contributed by atoms with Gasteiger partial charge in [-0.2, -0.15) is 10.2 Å². The molecule has 0 amide bonds. The van der Waals surface area contributed by atoms with E-state index >= 15 is 0 Å². The van der Waals surface area contributed by atoms with Gasteiger partial charge in [-0.05, 0) is 60.9 Å². The average molecular weight is 653 g/mol. The van der Waals surface area contributed by atoms with Crippen LogP contribution in [0.25, 0.3) is 0 Å². The molecule has 2 aromatic carbocycles. The first-order valence-electron chi connectivity index (χ1n) is 14.9. The number of carbonyl (C=O) groups excluding carboxylic acids is 4. The standard InChI is InChI=1S/C33H36N2O12/c1-4-28(36)40-14-15-41-29(37)12-13-30(38)45-25-11-8-23(16-21(25)3)18-35-34-17-22-6-9-24(10-7-22)33(39)46-26-19-42-32-27(47-44-5-2)20-43-31(26)32/h4,6-11,16-18,26-27,31-32H,1,5,12-15,19-20H2,2-3H3/b34-17+,35-18+/t26?,27-,31-,32-/m1/s1.